The lowest BCUT2D eigenvalue weighted by atomic mass is 10.0. The molecule has 0 fully saturated rings. The second kappa shape index (κ2) is 58.9. The number of ether oxygens (including phenoxy) is 3. The Bertz CT molecular complexity index is 1220. The first-order chi connectivity index (χ1) is 34.5. The first-order valence-corrected chi connectivity index (χ1v) is 30.6. The van der Waals surface area contributed by atoms with Crippen molar-refractivity contribution < 1.29 is 28.6 Å². The molecule has 6 heteroatoms. The molecule has 0 aromatic rings. The second-order valence-electron chi connectivity index (χ2n) is 20.6. The van der Waals surface area contributed by atoms with Gasteiger partial charge in [-0.1, -0.05) is 268 Å². The molecule has 70 heavy (non-hydrogen) atoms. The molecule has 0 saturated heterocycles. The highest BCUT2D eigenvalue weighted by Gasteiger charge is 2.19. The van der Waals surface area contributed by atoms with Gasteiger partial charge in [0.15, 0.2) is 6.10 Å². The zero-order valence-corrected chi connectivity index (χ0v) is 46.8. The number of unbranched alkanes of at least 4 members (excludes halogenated alkanes) is 37. The van der Waals surface area contributed by atoms with Crippen molar-refractivity contribution >= 4 is 17.9 Å². The number of carbonyl (C=O) groups excluding carboxylic acids is 3. The van der Waals surface area contributed by atoms with Crippen molar-refractivity contribution in [3.63, 3.8) is 0 Å². The molecule has 0 amide bonds. The Hall–Kier alpha value is -2.63. The van der Waals surface area contributed by atoms with E-state index in [0.29, 0.717) is 19.3 Å². The summed E-state index contributed by atoms with van der Waals surface area (Å²) >= 11 is 0. The smallest absolute Gasteiger partial charge is 0.306 e. The Morgan fingerprint density at radius 2 is 0.514 bits per heavy atom. The van der Waals surface area contributed by atoms with Gasteiger partial charge in [-0.2, -0.15) is 0 Å². The van der Waals surface area contributed by atoms with Gasteiger partial charge in [-0.25, -0.2) is 0 Å². The molecule has 1 unspecified atom stereocenters. The van der Waals surface area contributed by atoms with Crippen molar-refractivity contribution in [1.29, 1.82) is 0 Å². The minimum absolute atomic E-state index is 0.0760. The molecule has 0 saturated carbocycles. The van der Waals surface area contributed by atoms with Crippen molar-refractivity contribution in [1.82, 2.24) is 0 Å². The minimum atomic E-state index is -0.779. The molecule has 0 N–H and O–H groups in total. The van der Waals surface area contributed by atoms with Crippen LogP contribution in [0.15, 0.2) is 48.6 Å². The first-order valence-electron chi connectivity index (χ1n) is 30.6. The maximum absolute atomic E-state index is 12.9. The van der Waals surface area contributed by atoms with E-state index in [2.05, 4.69) is 69.4 Å². The van der Waals surface area contributed by atoms with Crippen molar-refractivity contribution in [2.45, 2.75) is 329 Å². The number of rotatable bonds is 56. The fourth-order valence-electron chi connectivity index (χ4n) is 8.92. The Morgan fingerprint density at radius 1 is 0.286 bits per heavy atom. The molecule has 6 nitrogen and oxygen atoms in total. The highest BCUT2D eigenvalue weighted by Crippen LogP contribution is 2.16. The summed E-state index contributed by atoms with van der Waals surface area (Å²) in [6, 6.07) is 0. The van der Waals surface area contributed by atoms with Gasteiger partial charge in [0.1, 0.15) is 13.2 Å². The predicted molar refractivity (Wildman–Crippen MR) is 302 cm³/mol. The lowest BCUT2D eigenvalue weighted by molar-refractivity contribution is -0.167. The number of hydrogen-bond donors (Lipinski definition) is 0. The van der Waals surface area contributed by atoms with Gasteiger partial charge in [-0.05, 0) is 83.5 Å². The van der Waals surface area contributed by atoms with Gasteiger partial charge in [0.05, 0.1) is 0 Å². The zero-order valence-electron chi connectivity index (χ0n) is 46.8. The Balaban J connectivity index is 4.31. The van der Waals surface area contributed by atoms with Crippen LogP contribution in [0.3, 0.4) is 0 Å². The summed E-state index contributed by atoms with van der Waals surface area (Å²) in [6.45, 7) is 6.64. The maximum atomic E-state index is 12.9. The van der Waals surface area contributed by atoms with E-state index in [0.717, 1.165) is 89.9 Å². The van der Waals surface area contributed by atoms with E-state index in [1.807, 2.05) is 0 Å². The van der Waals surface area contributed by atoms with Crippen LogP contribution in [0.2, 0.25) is 0 Å². The van der Waals surface area contributed by atoms with E-state index >= 15 is 0 Å². The topological polar surface area (TPSA) is 78.9 Å². The number of esters is 3. The monoisotopic (exact) mass is 981 g/mol. The summed E-state index contributed by atoms with van der Waals surface area (Å²) in [5.74, 6) is -0.875. The normalized spacial score (nSPS) is 12.3. The molecule has 0 rings (SSSR count). The molecule has 0 aliphatic heterocycles. The molecule has 0 aromatic heterocycles. The third-order valence-corrected chi connectivity index (χ3v) is 13.6. The molecule has 0 bridgehead atoms. The molecular formula is C64H116O6. The van der Waals surface area contributed by atoms with E-state index in [1.165, 1.54) is 193 Å². The van der Waals surface area contributed by atoms with E-state index in [4.69, 9.17) is 14.2 Å². The minimum Gasteiger partial charge on any atom is -0.462 e. The first kappa shape index (κ1) is 67.4. The fourth-order valence-corrected chi connectivity index (χ4v) is 8.92. The number of carbonyl (C=O) groups is 3. The van der Waals surface area contributed by atoms with Gasteiger partial charge >= 0.3 is 17.9 Å². The predicted octanol–water partition coefficient (Wildman–Crippen LogP) is 20.6. The largest absolute Gasteiger partial charge is 0.462 e. The van der Waals surface area contributed by atoms with Crippen LogP contribution >= 0.6 is 0 Å². The van der Waals surface area contributed by atoms with Gasteiger partial charge < -0.3 is 14.2 Å². The molecular weight excluding hydrogens is 865 g/mol. The summed E-state index contributed by atoms with van der Waals surface area (Å²) in [7, 11) is 0. The summed E-state index contributed by atoms with van der Waals surface area (Å²) in [4.78, 5) is 38.2. The van der Waals surface area contributed by atoms with Gasteiger partial charge in [-0.15, -0.1) is 0 Å². The summed E-state index contributed by atoms with van der Waals surface area (Å²) in [5, 5.41) is 0. The highest BCUT2D eigenvalue weighted by molar-refractivity contribution is 5.71. The molecule has 408 valence electrons. The van der Waals surface area contributed by atoms with Crippen LogP contribution in [-0.2, 0) is 28.6 Å². The lowest BCUT2D eigenvalue weighted by Crippen LogP contribution is -2.30. The Labute approximate surface area is 435 Å². The summed E-state index contributed by atoms with van der Waals surface area (Å²) in [6.07, 6.45) is 72.5. The molecule has 0 aromatic carbocycles. The molecule has 0 aliphatic rings. The van der Waals surface area contributed by atoms with Crippen LogP contribution in [0, 0.1) is 0 Å². The Morgan fingerprint density at radius 3 is 0.800 bits per heavy atom. The molecule has 0 spiro atoms. The summed E-state index contributed by atoms with van der Waals surface area (Å²) < 4.78 is 16.9. The lowest BCUT2D eigenvalue weighted by Gasteiger charge is -2.18. The second-order valence-corrected chi connectivity index (χ2v) is 20.6. The SMILES string of the molecule is CCCCCC/C=C\C/C=C\CCCCCCCC(=O)OC(COC(=O)CCCCCCCCCCCCC/C=C\C/C=C\CCCCCCC)COC(=O)CCCCCCCCCCCCCCC. The third-order valence-electron chi connectivity index (χ3n) is 13.6. The van der Waals surface area contributed by atoms with Gasteiger partial charge in [0.25, 0.3) is 0 Å². The van der Waals surface area contributed by atoms with Crippen LogP contribution in [-0.4, -0.2) is 37.2 Å². The van der Waals surface area contributed by atoms with E-state index in [1.54, 1.807) is 0 Å². The highest BCUT2D eigenvalue weighted by atomic mass is 16.6. The molecule has 0 aliphatic carbocycles. The van der Waals surface area contributed by atoms with E-state index in [9.17, 15) is 14.4 Å². The average molecular weight is 982 g/mol. The molecule has 0 radical (unpaired) electrons. The standard InChI is InChI=1S/C64H116O6/c1-4-7-10-13-16-19-22-25-27-29-30-31-32-33-34-35-37-39-42-45-48-51-54-57-63(66)69-60-61(59-68-62(65)56-53-50-47-44-41-38-24-21-18-15-12-9-6-3)70-64(67)58-55-52-49-46-43-40-36-28-26-23-20-17-14-11-8-5-2/h20,22-23,25,28-30,36,61H,4-19,21,24,26-27,31-35,37-60H2,1-3H3/b23-20-,25-22-,30-29-,36-28-. The van der Waals surface area contributed by atoms with Crippen LogP contribution in [0.4, 0.5) is 0 Å². The van der Waals surface area contributed by atoms with Crippen LogP contribution < -0.4 is 0 Å². The van der Waals surface area contributed by atoms with Crippen LogP contribution in [0.25, 0.3) is 0 Å². The van der Waals surface area contributed by atoms with Gasteiger partial charge in [0.2, 0.25) is 0 Å². The summed E-state index contributed by atoms with van der Waals surface area (Å²) in [5.41, 5.74) is 0. The quantitative estimate of drug-likeness (QED) is 0.0261. The van der Waals surface area contributed by atoms with Gasteiger partial charge in [0, 0.05) is 19.3 Å². The molecule has 1 atom stereocenters. The van der Waals surface area contributed by atoms with Crippen molar-refractivity contribution in [2.24, 2.45) is 0 Å². The van der Waals surface area contributed by atoms with Crippen LogP contribution in [0.1, 0.15) is 323 Å². The third kappa shape index (κ3) is 56.3. The van der Waals surface area contributed by atoms with Gasteiger partial charge in [-0.3, -0.25) is 14.4 Å². The number of allylic oxidation sites excluding steroid dienone is 8. The van der Waals surface area contributed by atoms with E-state index < -0.39 is 6.10 Å². The molecule has 0 heterocycles. The van der Waals surface area contributed by atoms with Crippen molar-refractivity contribution in [3.8, 4) is 0 Å². The number of hydrogen-bond acceptors (Lipinski definition) is 6. The van der Waals surface area contributed by atoms with Crippen molar-refractivity contribution in [2.75, 3.05) is 13.2 Å². The zero-order chi connectivity index (χ0) is 50.7. The average Bonchev–Trinajstić information content (AvgIpc) is 3.36. The Kier molecular flexibility index (Phi) is 56.7. The maximum Gasteiger partial charge on any atom is 0.306 e. The fraction of sp³-hybridized carbons (Fsp3) is 0.828. The van der Waals surface area contributed by atoms with Crippen LogP contribution in [0.5, 0.6) is 0 Å². The van der Waals surface area contributed by atoms with Crippen molar-refractivity contribution in [3.05, 3.63) is 48.6 Å². The van der Waals surface area contributed by atoms with E-state index in [-0.39, 0.29) is 31.1 Å².